The summed E-state index contributed by atoms with van der Waals surface area (Å²) in [6.45, 7) is 1.61. The molecule has 0 radical (unpaired) electrons. The van der Waals surface area contributed by atoms with Crippen molar-refractivity contribution in [3.05, 3.63) is 29.3 Å². The van der Waals surface area contributed by atoms with Gasteiger partial charge in [0.2, 0.25) is 10.0 Å². The molecule has 0 spiro atoms. The Morgan fingerprint density at radius 2 is 2.11 bits per heavy atom. The molecule has 0 saturated heterocycles. The maximum absolute atomic E-state index is 11.8. The first-order valence-corrected chi connectivity index (χ1v) is 7.47. The normalized spacial score (nSPS) is 13.1. The zero-order valence-electron chi connectivity index (χ0n) is 10.00. The van der Waals surface area contributed by atoms with Crippen molar-refractivity contribution >= 4 is 33.3 Å². The Labute approximate surface area is 111 Å². The molecule has 0 aliphatic rings. The SMILES string of the molecule is CCC(C(=O)O)N(c1cccc(Cl)c1)S(C)(=O)=O. The van der Waals surface area contributed by atoms with Gasteiger partial charge in [0.1, 0.15) is 6.04 Å². The van der Waals surface area contributed by atoms with Crippen LogP contribution in [-0.2, 0) is 14.8 Å². The van der Waals surface area contributed by atoms with Gasteiger partial charge in [-0.05, 0) is 24.6 Å². The fourth-order valence-corrected chi connectivity index (χ4v) is 3.04. The molecule has 1 rings (SSSR count). The lowest BCUT2D eigenvalue weighted by molar-refractivity contribution is -0.138. The van der Waals surface area contributed by atoms with Gasteiger partial charge in [0, 0.05) is 5.02 Å². The van der Waals surface area contributed by atoms with Gasteiger partial charge in [0.15, 0.2) is 0 Å². The number of benzene rings is 1. The van der Waals surface area contributed by atoms with Crippen LogP contribution in [0, 0.1) is 0 Å². The molecule has 18 heavy (non-hydrogen) atoms. The largest absolute Gasteiger partial charge is 0.480 e. The van der Waals surface area contributed by atoms with Gasteiger partial charge in [-0.1, -0.05) is 24.6 Å². The summed E-state index contributed by atoms with van der Waals surface area (Å²) in [7, 11) is -3.70. The lowest BCUT2D eigenvalue weighted by Crippen LogP contribution is -2.44. The lowest BCUT2D eigenvalue weighted by Gasteiger charge is -2.28. The van der Waals surface area contributed by atoms with Gasteiger partial charge in [-0.15, -0.1) is 0 Å². The maximum Gasteiger partial charge on any atom is 0.327 e. The zero-order valence-corrected chi connectivity index (χ0v) is 11.6. The molecular weight excluding hydrogens is 278 g/mol. The molecule has 0 fully saturated rings. The fraction of sp³-hybridized carbons (Fsp3) is 0.364. The van der Waals surface area contributed by atoms with E-state index in [1.165, 1.54) is 12.1 Å². The molecule has 0 aliphatic heterocycles. The van der Waals surface area contributed by atoms with Gasteiger partial charge >= 0.3 is 5.97 Å². The third-order valence-corrected chi connectivity index (χ3v) is 3.79. The van der Waals surface area contributed by atoms with Crippen LogP contribution in [0.15, 0.2) is 24.3 Å². The first-order valence-electron chi connectivity index (χ1n) is 5.25. The molecular formula is C11H14ClNO4S. The maximum atomic E-state index is 11.8. The molecule has 0 saturated carbocycles. The second kappa shape index (κ2) is 5.58. The van der Waals surface area contributed by atoms with Crippen LogP contribution in [-0.4, -0.2) is 31.8 Å². The number of aliphatic carboxylic acids is 1. The summed E-state index contributed by atoms with van der Waals surface area (Å²) in [5, 5.41) is 9.45. The van der Waals surface area contributed by atoms with E-state index in [0.29, 0.717) is 5.02 Å². The van der Waals surface area contributed by atoms with Crippen molar-refractivity contribution in [3.63, 3.8) is 0 Å². The number of halogens is 1. The number of carboxylic acids is 1. The summed E-state index contributed by atoms with van der Waals surface area (Å²) in [6.07, 6.45) is 1.13. The van der Waals surface area contributed by atoms with Crippen LogP contribution in [0.5, 0.6) is 0 Å². The van der Waals surface area contributed by atoms with Gasteiger partial charge < -0.3 is 5.11 Å². The van der Waals surface area contributed by atoms with Crippen molar-refractivity contribution in [1.29, 1.82) is 0 Å². The smallest absolute Gasteiger partial charge is 0.327 e. The van der Waals surface area contributed by atoms with E-state index in [0.717, 1.165) is 10.6 Å². The predicted octanol–water partition coefficient (Wildman–Crippen LogP) is 1.97. The minimum Gasteiger partial charge on any atom is -0.480 e. The van der Waals surface area contributed by atoms with E-state index in [2.05, 4.69) is 0 Å². The summed E-state index contributed by atoms with van der Waals surface area (Å²) in [5.41, 5.74) is 0.249. The third-order valence-electron chi connectivity index (χ3n) is 2.37. The predicted molar refractivity (Wildman–Crippen MR) is 70.5 cm³/mol. The molecule has 0 aliphatic carbocycles. The van der Waals surface area contributed by atoms with Gasteiger partial charge in [0.05, 0.1) is 11.9 Å². The van der Waals surface area contributed by atoms with Crippen LogP contribution >= 0.6 is 11.6 Å². The van der Waals surface area contributed by atoms with Gasteiger partial charge in [-0.3, -0.25) is 4.31 Å². The van der Waals surface area contributed by atoms with Gasteiger partial charge in [0.25, 0.3) is 0 Å². The second-order valence-electron chi connectivity index (χ2n) is 3.80. The van der Waals surface area contributed by atoms with E-state index in [1.807, 2.05) is 0 Å². The average molecular weight is 292 g/mol. The Kier molecular flexibility index (Phi) is 4.59. The Morgan fingerprint density at radius 3 is 2.50 bits per heavy atom. The van der Waals surface area contributed by atoms with E-state index in [-0.39, 0.29) is 12.1 Å². The Balaban J connectivity index is 3.35. The van der Waals surface area contributed by atoms with Crippen LogP contribution < -0.4 is 4.31 Å². The molecule has 1 atom stereocenters. The molecule has 5 nitrogen and oxygen atoms in total. The number of anilines is 1. The summed E-state index contributed by atoms with van der Waals surface area (Å²) < 4.78 is 24.4. The molecule has 0 bridgehead atoms. The highest BCUT2D eigenvalue weighted by Crippen LogP contribution is 2.25. The number of hydrogen-bond acceptors (Lipinski definition) is 3. The summed E-state index contributed by atoms with van der Waals surface area (Å²) in [5.74, 6) is -1.19. The molecule has 7 heteroatoms. The second-order valence-corrected chi connectivity index (χ2v) is 6.10. The number of hydrogen-bond donors (Lipinski definition) is 1. The lowest BCUT2D eigenvalue weighted by atomic mass is 10.2. The number of carbonyl (C=O) groups is 1. The molecule has 0 amide bonds. The molecule has 1 aromatic carbocycles. The van der Waals surface area contributed by atoms with E-state index >= 15 is 0 Å². The molecule has 1 N–H and O–H groups in total. The summed E-state index contributed by atoms with van der Waals surface area (Å²) in [4.78, 5) is 11.1. The summed E-state index contributed by atoms with van der Waals surface area (Å²) >= 11 is 5.80. The molecule has 1 unspecified atom stereocenters. The van der Waals surface area contributed by atoms with Crippen molar-refractivity contribution in [2.75, 3.05) is 10.6 Å². The van der Waals surface area contributed by atoms with E-state index in [9.17, 15) is 13.2 Å². The third kappa shape index (κ3) is 3.36. The topological polar surface area (TPSA) is 74.7 Å². The van der Waals surface area contributed by atoms with Crippen molar-refractivity contribution in [2.24, 2.45) is 0 Å². The fourth-order valence-electron chi connectivity index (χ4n) is 1.66. The van der Waals surface area contributed by atoms with Crippen molar-refractivity contribution < 1.29 is 18.3 Å². The van der Waals surface area contributed by atoms with E-state index < -0.39 is 22.0 Å². The van der Waals surface area contributed by atoms with Crippen LogP contribution in [0.1, 0.15) is 13.3 Å². The standard InChI is InChI=1S/C11H14ClNO4S/c1-3-10(11(14)15)13(18(2,16)17)9-6-4-5-8(12)7-9/h4-7,10H,3H2,1-2H3,(H,14,15). The highest BCUT2D eigenvalue weighted by molar-refractivity contribution is 7.92. The van der Waals surface area contributed by atoms with E-state index in [4.69, 9.17) is 16.7 Å². The number of nitrogens with zero attached hydrogens (tertiary/aromatic N) is 1. The summed E-state index contributed by atoms with van der Waals surface area (Å²) in [6, 6.07) is 4.96. The molecule has 0 aromatic heterocycles. The first kappa shape index (κ1) is 14.8. The van der Waals surface area contributed by atoms with Crippen LogP contribution in [0.2, 0.25) is 5.02 Å². The Bertz CT molecular complexity index is 544. The molecule has 0 heterocycles. The van der Waals surface area contributed by atoms with Crippen molar-refractivity contribution in [1.82, 2.24) is 0 Å². The minimum absolute atomic E-state index is 0.162. The highest BCUT2D eigenvalue weighted by Gasteiger charge is 2.31. The highest BCUT2D eigenvalue weighted by atomic mass is 35.5. The molecule has 100 valence electrons. The number of carboxylic acid groups (broad SMARTS) is 1. The Hall–Kier alpha value is -1.27. The van der Waals surface area contributed by atoms with Crippen molar-refractivity contribution in [2.45, 2.75) is 19.4 Å². The monoisotopic (exact) mass is 291 g/mol. The average Bonchev–Trinajstić information content (AvgIpc) is 2.23. The van der Waals surface area contributed by atoms with Gasteiger partial charge in [-0.2, -0.15) is 0 Å². The molecule has 1 aromatic rings. The van der Waals surface area contributed by atoms with Gasteiger partial charge in [-0.25, -0.2) is 13.2 Å². The number of rotatable bonds is 5. The van der Waals surface area contributed by atoms with Crippen molar-refractivity contribution in [3.8, 4) is 0 Å². The quantitative estimate of drug-likeness (QED) is 0.900. The number of sulfonamides is 1. The minimum atomic E-state index is -3.70. The zero-order chi connectivity index (χ0) is 13.9. The van der Waals surface area contributed by atoms with Crippen LogP contribution in [0.4, 0.5) is 5.69 Å². The van der Waals surface area contributed by atoms with E-state index in [1.54, 1.807) is 19.1 Å². The Morgan fingerprint density at radius 1 is 1.50 bits per heavy atom. The van der Waals surface area contributed by atoms with Crippen LogP contribution in [0.25, 0.3) is 0 Å². The van der Waals surface area contributed by atoms with Crippen LogP contribution in [0.3, 0.4) is 0 Å². The first-order chi connectivity index (χ1) is 8.27.